The average Bonchev–Trinajstić information content (AvgIpc) is 3.38. The van der Waals surface area contributed by atoms with Gasteiger partial charge in [0.05, 0.1) is 17.8 Å². The maximum atomic E-state index is 12.7. The minimum Gasteiger partial charge on any atom is -0.349 e. The van der Waals surface area contributed by atoms with Gasteiger partial charge >= 0.3 is 6.18 Å². The molecule has 0 amide bonds. The van der Waals surface area contributed by atoms with E-state index in [0.717, 1.165) is 41.5 Å². The average molecular weight is 331 g/mol. The van der Waals surface area contributed by atoms with Crippen molar-refractivity contribution in [1.29, 1.82) is 0 Å². The number of rotatable bonds is 3. The second-order valence-corrected chi connectivity index (χ2v) is 6.30. The zero-order chi connectivity index (χ0) is 16.7. The van der Waals surface area contributed by atoms with Crippen LogP contribution >= 0.6 is 0 Å². The van der Waals surface area contributed by atoms with Crippen molar-refractivity contribution in [3.05, 3.63) is 53.7 Å². The molecule has 0 bridgehead atoms. The Morgan fingerprint density at radius 3 is 2.50 bits per heavy atom. The number of aromatic nitrogens is 1. The number of benzene rings is 1. The number of hydrogen-bond acceptors (Lipinski definition) is 3. The summed E-state index contributed by atoms with van der Waals surface area (Å²) in [5, 5.41) is 0. The van der Waals surface area contributed by atoms with Gasteiger partial charge in [0.2, 0.25) is 0 Å². The third kappa shape index (κ3) is 3.00. The van der Waals surface area contributed by atoms with E-state index >= 15 is 0 Å². The lowest BCUT2D eigenvalue weighted by Gasteiger charge is -2.29. The first-order valence-electron chi connectivity index (χ1n) is 7.96. The summed E-state index contributed by atoms with van der Waals surface area (Å²) in [6.07, 6.45) is -0.115. The van der Waals surface area contributed by atoms with Crippen LogP contribution in [0.3, 0.4) is 0 Å². The van der Waals surface area contributed by atoms with Crippen LogP contribution in [0.4, 0.5) is 24.7 Å². The lowest BCUT2D eigenvalue weighted by molar-refractivity contribution is -0.137. The molecular formula is C18H16F3N3. The summed E-state index contributed by atoms with van der Waals surface area (Å²) < 4.78 is 38.2. The molecule has 3 nitrogen and oxygen atoms in total. The normalized spacial score (nSPS) is 17.5. The number of halogens is 3. The Balaban J connectivity index is 1.66. The van der Waals surface area contributed by atoms with Crippen molar-refractivity contribution in [1.82, 2.24) is 4.98 Å². The number of pyridine rings is 1. The molecule has 0 radical (unpaired) electrons. The Hall–Kier alpha value is -2.37. The van der Waals surface area contributed by atoms with Gasteiger partial charge in [-0.25, -0.2) is 9.98 Å². The van der Waals surface area contributed by atoms with Gasteiger partial charge in [0.1, 0.15) is 5.69 Å². The monoisotopic (exact) mass is 331 g/mol. The van der Waals surface area contributed by atoms with E-state index in [1.807, 2.05) is 12.1 Å². The van der Waals surface area contributed by atoms with E-state index in [4.69, 9.17) is 0 Å². The van der Waals surface area contributed by atoms with Gasteiger partial charge in [-0.3, -0.25) is 0 Å². The Morgan fingerprint density at radius 2 is 1.83 bits per heavy atom. The van der Waals surface area contributed by atoms with Gasteiger partial charge in [-0.1, -0.05) is 12.1 Å². The molecule has 1 saturated carbocycles. The molecule has 0 spiro atoms. The van der Waals surface area contributed by atoms with Crippen LogP contribution in [0.2, 0.25) is 0 Å². The molecule has 124 valence electrons. The van der Waals surface area contributed by atoms with Crippen molar-refractivity contribution in [3.8, 4) is 0 Å². The van der Waals surface area contributed by atoms with Crippen molar-refractivity contribution in [2.24, 2.45) is 10.9 Å². The molecule has 0 saturated heterocycles. The Bertz CT molecular complexity index is 777. The van der Waals surface area contributed by atoms with Crippen LogP contribution in [0, 0.1) is 5.92 Å². The molecule has 1 aromatic heterocycles. The third-order valence-electron chi connectivity index (χ3n) is 4.38. The largest absolute Gasteiger partial charge is 0.416 e. The second-order valence-electron chi connectivity index (χ2n) is 6.30. The summed E-state index contributed by atoms with van der Waals surface area (Å²) in [4.78, 5) is 11.2. The Morgan fingerprint density at radius 1 is 1.08 bits per heavy atom. The molecule has 1 fully saturated rings. The Labute approximate surface area is 137 Å². The van der Waals surface area contributed by atoms with Gasteiger partial charge in [-0.2, -0.15) is 13.2 Å². The van der Waals surface area contributed by atoms with Gasteiger partial charge in [-0.15, -0.1) is 0 Å². The van der Waals surface area contributed by atoms with Crippen LogP contribution in [0.1, 0.15) is 24.0 Å². The number of anilines is 1. The molecule has 6 heteroatoms. The van der Waals surface area contributed by atoms with Crippen LogP contribution < -0.4 is 4.90 Å². The van der Waals surface area contributed by atoms with Gasteiger partial charge in [0.15, 0.2) is 5.82 Å². The molecule has 24 heavy (non-hydrogen) atoms. The molecule has 2 heterocycles. The first-order valence-corrected chi connectivity index (χ1v) is 7.96. The second kappa shape index (κ2) is 5.61. The number of aliphatic imine (C=N–C) groups is 1. The summed E-state index contributed by atoms with van der Waals surface area (Å²) in [6, 6.07) is 8.94. The molecule has 0 N–H and O–H groups in total. The maximum absolute atomic E-state index is 12.7. The molecule has 4 rings (SSSR count). The zero-order valence-corrected chi connectivity index (χ0v) is 12.9. The quantitative estimate of drug-likeness (QED) is 0.831. The van der Waals surface area contributed by atoms with E-state index in [1.54, 1.807) is 6.20 Å². The van der Waals surface area contributed by atoms with E-state index in [0.29, 0.717) is 12.5 Å². The Kier molecular flexibility index (Phi) is 3.55. The highest BCUT2D eigenvalue weighted by atomic mass is 19.4. The van der Waals surface area contributed by atoms with Crippen molar-refractivity contribution in [2.75, 3.05) is 18.0 Å². The standard InChI is InChI=1S/C18H16F3N3/c19-18(20,21)14-7-5-13(6-8-14)16-11-24(10-12-3-4-12)17-15(23-16)2-1-9-22-17/h1-2,5-9,12H,3-4,10-11H2. The van der Waals surface area contributed by atoms with Crippen molar-refractivity contribution in [2.45, 2.75) is 19.0 Å². The summed E-state index contributed by atoms with van der Waals surface area (Å²) >= 11 is 0. The maximum Gasteiger partial charge on any atom is 0.416 e. The zero-order valence-electron chi connectivity index (χ0n) is 12.9. The summed E-state index contributed by atoms with van der Waals surface area (Å²) in [5.74, 6) is 1.55. The van der Waals surface area contributed by atoms with Crippen LogP contribution in [0.25, 0.3) is 0 Å². The summed E-state index contributed by atoms with van der Waals surface area (Å²) in [7, 11) is 0. The lowest BCUT2D eigenvalue weighted by atomic mass is 10.0. The highest BCUT2D eigenvalue weighted by molar-refractivity contribution is 6.07. The summed E-state index contributed by atoms with van der Waals surface area (Å²) in [6.45, 7) is 1.50. The number of fused-ring (bicyclic) bond motifs is 1. The predicted molar refractivity (Wildman–Crippen MR) is 86.8 cm³/mol. The number of hydrogen-bond donors (Lipinski definition) is 0. The van der Waals surface area contributed by atoms with Gasteiger partial charge < -0.3 is 4.90 Å². The molecule has 1 aromatic carbocycles. The molecule has 0 unspecified atom stereocenters. The molecule has 1 aliphatic heterocycles. The van der Waals surface area contributed by atoms with E-state index in [-0.39, 0.29) is 0 Å². The molecule has 2 aliphatic rings. The minimum atomic E-state index is -4.32. The van der Waals surface area contributed by atoms with Gasteiger partial charge in [-0.05, 0) is 48.6 Å². The lowest BCUT2D eigenvalue weighted by Crippen LogP contribution is -2.35. The summed E-state index contributed by atoms with van der Waals surface area (Å²) in [5.41, 5.74) is 1.64. The van der Waals surface area contributed by atoms with E-state index in [9.17, 15) is 13.2 Å². The fourth-order valence-electron chi connectivity index (χ4n) is 2.93. The smallest absolute Gasteiger partial charge is 0.349 e. The molecule has 1 aliphatic carbocycles. The van der Waals surface area contributed by atoms with E-state index < -0.39 is 11.7 Å². The van der Waals surface area contributed by atoms with Crippen LogP contribution in [0.5, 0.6) is 0 Å². The van der Waals surface area contributed by atoms with Crippen molar-refractivity contribution < 1.29 is 13.2 Å². The van der Waals surface area contributed by atoms with Crippen LogP contribution in [-0.2, 0) is 6.18 Å². The highest BCUT2D eigenvalue weighted by Gasteiger charge is 2.31. The SMILES string of the molecule is FC(F)(F)c1ccc(C2=Nc3cccnc3N(CC3CC3)C2)cc1. The van der Waals surface area contributed by atoms with Crippen LogP contribution in [0.15, 0.2) is 47.6 Å². The fraction of sp³-hybridized carbons (Fsp3) is 0.333. The van der Waals surface area contributed by atoms with E-state index in [2.05, 4.69) is 14.9 Å². The number of nitrogens with zero attached hydrogens (tertiary/aromatic N) is 3. The molecule has 0 atom stereocenters. The predicted octanol–water partition coefficient (Wildman–Crippen LogP) is 4.45. The van der Waals surface area contributed by atoms with Gasteiger partial charge in [0.25, 0.3) is 0 Å². The van der Waals surface area contributed by atoms with Crippen molar-refractivity contribution in [3.63, 3.8) is 0 Å². The third-order valence-corrected chi connectivity index (χ3v) is 4.38. The number of alkyl halides is 3. The highest BCUT2D eigenvalue weighted by Crippen LogP contribution is 2.36. The first-order chi connectivity index (χ1) is 11.5. The first kappa shape index (κ1) is 15.2. The topological polar surface area (TPSA) is 28.5 Å². The van der Waals surface area contributed by atoms with E-state index in [1.165, 1.54) is 25.0 Å². The molecular weight excluding hydrogens is 315 g/mol. The van der Waals surface area contributed by atoms with Gasteiger partial charge in [0, 0.05) is 12.7 Å². The minimum absolute atomic E-state index is 0.575. The van der Waals surface area contributed by atoms with Crippen LogP contribution in [-0.4, -0.2) is 23.8 Å². The van der Waals surface area contributed by atoms with Crippen molar-refractivity contribution >= 4 is 17.2 Å². The fourth-order valence-corrected chi connectivity index (χ4v) is 2.93. The molecule has 2 aromatic rings.